The van der Waals surface area contributed by atoms with E-state index < -0.39 is 10.8 Å². The lowest BCUT2D eigenvalue weighted by Gasteiger charge is -2.10. The third-order valence-electron chi connectivity index (χ3n) is 3.97. The Morgan fingerprint density at radius 2 is 1.80 bits per heavy atom. The molecular weight excluding hydrogens is 406 g/mol. The molecule has 0 radical (unpaired) electrons. The van der Waals surface area contributed by atoms with Crippen LogP contribution in [0, 0.1) is 10.1 Å². The van der Waals surface area contributed by atoms with E-state index in [1.54, 1.807) is 18.3 Å². The van der Waals surface area contributed by atoms with Gasteiger partial charge in [-0.3, -0.25) is 35.7 Å². The van der Waals surface area contributed by atoms with Crippen LogP contribution in [0.2, 0.25) is 0 Å². The number of carbonyl (C=O) groups excluding carboxylic acids is 1. The lowest BCUT2D eigenvalue weighted by molar-refractivity contribution is -0.387. The van der Waals surface area contributed by atoms with Crippen LogP contribution in [0.5, 0.6) is 0 Å². The Morgan fingerprint density at radius 3 is 2.60 bits per heavy atom. The van der Waals surface area contributed by atoms with Gasteiger partial charge in [0.25, 0.3) is 5.91 Å². The molecule has 0 aliphatic heterocycles. The van der Waals surface area contributed by atoms with E-state index in [0.717, 1.165) is 17.1 Å². The summed E-state index contributed by atoms with van der Waals surface area (Å²) in [6, 6.07) is 14.1. The first kappa shape index (κ1) is 19.2. The van der Waals surface area contributed by atoms with Crippen LogP contribution in [0.1, 0.15) is 10.5 Å². The van der Waals surface area contributed by atoms with Crippen LogP contribution < -0.4 is 10.9 Å². The first-order valence-electron chi connectivity index (χ1n) is 8.62. The van der Waals surface area contributed by atoms with Gasteiger partial charge in [0.15, 0.2) is 5.03 Å². The zero-order valence-electron chi connectivity index (χ0n) is 15.2. The number of aromatic nitrogens is 4. The Labute approximate surface area is 173 Å². The highest BCUT2D eigenvalue weighted by Crippen LogP contribution is 2.38. The number of nitrogens with zero attached hydrogens (tertiary/aromatic N) is 5. The number of benzene rings is 1. The molecule has 30 heavy (non-hydrogen) atoms. The van der Waals surface area contributed by atoms with E-state index in [0.29, 0.717) is 10.4 Å². The van der Waals surface area contributed by atoms with E-state index in [-0.39, 0.29) is 22.2 Å². The number of nitro groups is 1. The Balaban J connectivity index is 1.63. The van der Waals surface area contributed by atoms with Crippen molar-refractivity contribution in [3.05, 3.63) is 83.1 Å². The average Bonchev–Trinajstić information content (AvgIpc) is 2.78. The van der Waals surface area contributed by atoms with Gasteiger partial charge >= 0.3 is 5.69 Å². The molecule has 0 fully saturated rings. The van der Waals surface area contributed by atoms with Gasteiger partial charge in [0, 0.05) is 22.7 Å². The predicted molar refractivity (Wildman–Crippen MR) is 110 cm³/mol. The van der Waals surface area contributed by atoms with E-state index in [2.05, 4.69) is 30.8 Å². The highest BCUT2D eigenvalue weighted by atomic mass is 32.2. The molecule has 148 valence electrons. The van der Waals surface area contributed by atoms with E-state index in [1.807, 2.05) is 30.3 Å². The minimum absolute atomic E-state index is 0.114. The molecular formula is C19H13N7O3S. The first-order valence-corrected chi connectivity index (χ1v) is 9.43. The summed E-state index contributed by atoms with van der Waals surface area (Å²) in [5.74, 6) is -0.703. The van der Waals surface area contributed by atoms with Crippen LogP contribution in [0.4, 0.5) is 11.5 Å². The van der Waals surface area contributed by atoms with E-state index in [4.69, 9.17) is 0 Å². The molecule has 0 unspecified atom stereocenters. The highest BCUT2D eigenvalue weighted by molar-refractivity contribution is 7.99. The van der Waals surface area contributed by atoms with Crippen LogP contribution >= 0.6 is 11.8 Å². The van der Waals surface area contributed by atoms with Gasteiger partial charge in [0.1, 0.15) is 12.0 Å². The standard InChI is InChI=1S/C19H13N7O3S/c27-18(13-7-1-2-9-20-13)25-24-17-16(26(28)29)19(23-11-22-17)30-14-8-3-5-12-6-4-10-21-15(12)14/h1-11H,(H,25,27)(H,22,23,24). The van der Waals surface area contributed by atoms with Crippen molar-refractivity contribution in [1.82, 2.24) is 25.4 Å². The predicted octanol–water partition coefficient (Wildman–Crippen LogP) is 3.24. The Morgan fingerprint density at radius 1 is 0.967 bits per heavy atom. The quantitative estimate of drug-likeness (QED) is 0.274. The number of carbonyl (C=O) groups is 1. The van der Waals surface area contributed by atoms with E-state index in [1.165, 1.54) is 18.6 Å². The molecule has 4 aromatic rings. The molecule has 0 saturated carbocycles. The summed E-state index contributed by atoms with van der Waals surface area (Å²) in [4.78, 5) is 40.2. The van der Waals surface area contributed by atoms with Crippen LogP contribution in [0.3, 0.4) is 0 Å². The molecule has 0 spiro atoms. The molecule has 0 aliphatic rings. The number of fused-ring (bicyclic) bond motifs is 1. The molecule has 0 bridgehead atoms. The zero-order chi connectivity index (χ0) is 20.9. The second-order valence-corrected chi connectivity index (χ2v) is 6.89. The largest absolute Gasteiger partial charge is 0.345 e. The SMILES string of the molecule is O=C(NNc1ncnc(Sc2cccc3cccnc23)c1[N+](=O)[O-])c1ccccn1. The number of anilines is 1. The smallest absolute Gasteiger partial charge is 0.276 e. The van der Waals surface area contributed by atoms with Crippen molar-refractivity contribution >= 4 is 40.1 Å². The zero-order valence-corrected chi connectivity index (χ0v) is 16.0. The summed E-state index contributed by atoms with van der Waals surface area (Å²) in [5.41, 5.74) is 5.35. The van der Waals surface area contributed by atoms with Crippen molar-refractivity contribution in [3.8, 4) is 0 Å². The van der Waals surface area contributed by atoms with Gasteiger partial charge in [-0.25, -0.2) is 9.97 Å². The molecule has 11 heteroatoms. The summed E-state index contributed by atoms with van der Waals surface area (Å²) < 4.78 is 0. The minimum atomic E-state index is -0.601. The normalized spacial score (nSPS) is 10.5. The van der Waals surface area contributed by atoms with Crippen molar-refractivity contribution in [3.63, 3.8) is 0 Å². The van der Waals surface area contributed by atoms with Gasteiger partial charge in [-0.1, -0.05) is 36.0 Å². The number of rotatable bonds is 6. The topological polar surface area (TPSA) is 136 Å². The highest BCUT2D eigenvalue weighted by Gasteiger charge is 2.25. The van der Waals surface area contributed by atoms with Gasteiger partial charge in [0.2, 0.25) is 5.82 Å². The second-order valence-electron chi connectivity index (χ2n) is 5.86. The molecule has 0 aliphatic carbocycles. The molecule has 1 amide bonds. The molecule has 0 atom stereocenters. The molecule has 0 saturated heterocycles. The van der Waals surface area contributed by atoms with Crippen LogP contribution in [0.15, 0.2) is 77.2 Å². The molecule has 3 heterocycles. The van der Waals surface area contributed by atoms with Crippen LogP contribution in [-0.4, -0.2) is 30.8 Å². The summed E-state index contributed by atoms with van der Waals surface area (Å²) in [6.45, 7) is 0. The number of hydrogen-bond donors (Lipinski definition) is 2. The minimum Gasteiger partial charge on any atom is -0.276 e. The maximum absolute atomic E-state index is 12.2. The van der Waals surface area contributed by atoms with Crippen LogP contribution in [-0.2, 0) is 0 Å². The molecule has 3 aromatic heterocycles. The fourth-order valence-electron chi connectivity index (χ4n) is 2.63. The molecule has 2 N–H and O–H groups in total. The summed E-state index contributed by atoms with van der Waals surface area (Å²) in [7, 11) is 0. The lowest BCUT2D eigenvalue weighted by atomic mass is 10.2. The Kier molecular flexibility index (Phi) is 5.44. The maximum Gasteiger partial charge on any atom is 0.345 e. The van der Waals surface area contributed by atoms with Gasteiger partial charge in [-0.05, 0) is 24.3 Å². The fraction of sp³-hybridized carbons (Fsp3) is 0. The van der Waals surface area contributed by atoms with Crippen molar-refractivity contribution in [2.45, 2.75) is 9.92 Å². The average molecular weight is 419 g/mol. The molecule has 1 aromatic carbocycles. The van der Waals surface area contributed by atoms with Crippen LogP contribution in [0.25, 0.3) is 10.9 Å². The lowest BCUT2D eigenvalue weighted by Crippen LogP contribution is -2.30. The summed E-state index contributed by atoms with van der Waals surface area (Å²) in [5, 5.41) is 12.8. The molecule has 10 nitrogen and oxygen atoms in total. The number of pyridine rings is 2. The van der Waals surface area contributed by atoms with Gasteiger partial charge in [0.05, 0.1) is 10.4 Å². The number of amides is 1. The second kappa shape index (κ2) is 8.49. The maximum atomic E-state index is 12.2. The third-order valence-corrected chi connectivity index (χ3v) is 5.01. The third kappa shape index (κ3) is 4.00. The number of para-hydroxylation sites is 1. The monoisotopic (exact) mass is 419 g/mol. The fourth-order valence-corrected chi connectivity index (χ4v) is 3.62. The Hall–Kier alpha value is -4.12. The van der Waals surface area contributed by atoms with Gasteiger partial charge < -0.3 is 0 Å². The van der Waals surface area contributed by atoms with Crippen molar-refractivity contribution in [2.24, 2.45) is 0 Å². The summed E-state index contributed by atoms with van der Waals surface area (Å²) in [6.07, 6.45) is 4.30. The van der Waals surface area contributed by atoms with Crippen molar-refractivity contribution < 1.29 is 9.72 Å². The van der Waals surface area contributed by atoms with E-state index in [9.17, 15) is 14.9 Å². The Bertz CT molecular complexity index is 1230. The number of hydrogen-bond acceptors (Lipinski definition) is 9. The summed E-state index contributed by atoms with van der Waals surface area (Å²) >= 11 is 1.10. The number of nitrogens with one attached hydrogen (secondary N) is 2. The van der Waals surface area contributed by atoms with Gasteiger partial charge in [-0.15, -0.1) is 0 Å². The molecule has 4 rings (SSSR count). The van der Waals surface area contributed by atoms with Crippen molar-refractivity contribution in [1.29, 1.82) is 0 Å². The van der Waals surface area contributed by atoms with Gasteiger partial charge in [-0.2, -0.15) is 0 Å². The van der Waals surface area contributed by atoms with Crippen molar-refractivity contribution in [2.75, 3.05) is 5.43 Å². The van der Waals surface area contributed by atoms with E-state index >= 15 is 0 Å². The first-order chi connectivity index (χ1) is 14.6. The number of hydrazine groups is 1.